The van der Waals surface area contributed by atoms with Crippen molar-refractivity contribution in [1.29, 1.82) is 0 Å². The van der Waals surface area contributed by atoms with Crippen LogP contribution in [0.2, 0.25) is 5.02 Å². The van der Waals surface area contributed by atoms with Gasteiger partial charge in [-0.15, -0.1) is 0 Å². The number of nitrogens with one attached hydrogen (secondary N) is 1. The maximum Gasteiger partial charge on any atom is 0.296 e. The Labute approximate surface area is 229 Å². The van der Waals surface area contributed by atoms with Gasteiger partial charge in [0.2, 0.25) is 10.9 Å². The first-order chi connectivity index (χ1) is 18.9. The predicted molar refractivity (Wildman–Crippen MR) is 149 cm³/mol. The molecule has 1 N–H and O–H groups in total. The molecule has 0 saturated heterocycles. The molecule has 6 rings (SSSR count). The van der Waals surface area contributed by atoms with Crippen LogP contribution >= 0.6 is 22.9 Å². The van der Waals surface area contributed by atoms with E-state index in [0.29, 0.717) is 22.0 Å². The van der Waals surface area contributed by atoms with Crippen LogP contribution in [0.3, 0.4) is 0 Å². The number of para-hydroxylation sites is 1. The highest BCUT2D eigenvalue weighted by atomic mass is 35.5. The first kappa shape index (κ1) is 24.7. The SMILES string of the molecule is O=C(CN1C(=O)C(=c2sc3nc(=O)c(Cc4ccccc4)nn3c2=O)c2ccccc21)Nc1ccc(Cl)cc1. The molecule has 192 valence electrons. The van der Waals surface area contributed by atoms with Gasteiger partial charge in [-0.05, 0) is 35.9 Å². The monoisotopic (exact) mass is 555 g/mol. The zero-order valence-corrected chi connectivity index (χ0v) is 21.7. The second-order valence-corrected chi connectivity index (χ2v) is 10.2. The highest BCUT2D eigenvalue weighted by molar-refractivity contribution is 7.15. The average Bonchev–Trinajstić information content (AvgIpc) is 3.38. The third kappa shape index (κ3) is 4.60. The number of carbonyl (C=O) groups excluding carboxylic acids is 2. The van der Waals surface area contributed by atoms with Crippen LogP contribution in [0.4, 0.5) is 11.4 Å². The first-order valence-corrected chi connectivity index (χ1v) is 13.1. The van der Waals surface area contributed by atoms with E-state index in [1.165, 1.54) is 4.90 Å². The van der Waals surface area contributed by atoms with Gasteiger partial charge < -0.3 is 5.32 Å². The molecular formula is C28H18ClN5O4S. The smallest absolute Gasteiger partial charge is 0.296 e. The summed E-state index contributed by atoms with van der Waals surface area (Å²) in [5.41, 5.74) is 1.59. The Morgan fingerprint density at radius 1 is 0.923 bits per heavy atom. The molecule has 3 heterocycles. The van der Waals surface area contributed by atoms with Crippen LogP contribution in [-0.2, 0) is 16.0 Å². The lowest BCUT2D eigenvalue weighted by molar-refractivity contribution is -0.118. The Hall–Kier alpha value is -4.67. The molecule has 0 atom stereocenters. The van der Waals surface area contributed by atoms with Crippen molar-refractivity contribution in [3.63, 3.8) is 0 Å². The maximum absolute atomic E-state index is 13.6. The molecule has 0 spiro atoms. The van der Waals surface area contributed by atoms with Gasteiger partial charge in [-0.1, -0.05) is 71.5 Å². The molecule has 0 bridgehead atoms. The van der Waals surface area contributed by atoms with Gasteiger partial charge in [0.25, 0.3) is 17.0 Å². The van der Waals surface area contributed by atoms with E-state index in [0.717, 1.165) is 21.4 Å². The number of thiazole rings is 1. The molecule has 11 heteroatoms. The predicted octanol–water partition coefficient (Wildman–Crippen LogP) is 2.66. The summed E-state index contributed by atoms with van der Waals surface area (Å²) in [6.07, 6.45) is 0.217. The molecule has 2 aromatic heterocycles. The Bertz CT molecular complexity index is 1940. The molecule has 2 amide bonds. The van der Waals surface area contributed by atoms with Crippen molar-refractivity contribution < 1.29 is 9.59 Å². The minimum atomic E-state index is -0.553. The number of nitrogens with zero attached hydrogens (tertiary/aromatic N) is 4. The van der Waals surface area contributed by atoms with Crippen LogP contribution < -0.4 is 25.9 Å². The molecule has 1 aliphatic rings. The third-order valence-electron chi connectivity index (χ3n) is 6.22. The number of amides is 2. The van der Waals surface area contributed by atoms with Gasteiger partial charge in [0.05, 0.1) is 11.3 Å². The molecule has 0 saturated carbocycles. The van der Waals surface area contributed by atoms with Crippen LogP contribution in [0.1, 0.15) is 16.8 Å². The fraction of sp³-hybridized carbons (Fsp3) is 0.0714. The summed E-state index contributed by atoms with van der Waals surface area (Å²) < 4.78 is 1.17. The highest BCUT2D eigenvalue weighted by Crippen LogP contribution is 2.35. The Kier molecular flexibility index (Phi) is 6.26. The van der Waals surface area contributed by atoms with Gasteiger partial charge in [0.1, 0.15) is 16.8 Å². The molecule has 0 aliphatic carbocycles. The first-order valence-electron chi connectivity index (χ1n) is 11.9. The van der Waals surface area contributed by atoms with E-state index >= 15 is 0 Å². The lowest BCUT2D eigenvalue weighted by Crippen LogP contribution is -2.37. The standard InChI is InChI=1S/C28H18ClN5O4S/c29-17-10-12-18(13-11-17)30-22(35)15-33-21-9-5-4-8-19(21)23(26(33)37)24-27(38)34-28(39-24)31-25(36)20(32-34)14-16-6-2-1-3-7-16/h1-13H,14-15H2,(H,30,35). The molecule has 39 heavy (non-hydrogen) atoms. The van der Waals surface area contributed by atoms with Crippen LogP contribution in [-0.4, -0.2) is 33.0 Å². The molecule has 1 aliphatic heterocycles. The number of aromatic nitrogens is 3. The normalized spacial score (nSPS) is 14.1. The minimum Gasteiger partial charge on any atom is -0.325 e. The highest BCUT2D eigenvalue weighted by Gasteiger charge is 2.35. The van der Waals surface area contributed by atoms with Crippen molar-refractivity contribution in [3.8, 4) is 0 Å². The molecule has 9 nitrogen and oxygen atoms in total. The lowest BCUT2D eigenvalue weighted by atomic mass is 10.1. The second kappa shape index (κ2) is 9.90. The molecule has 3 aromatic carbocycles. The summed E-state index contributed by atoms with van der Waals surface area (Å²) in [6.45, 7) is -0.267. The van der Waals surface area contributed by atoms with Crippen LogP contribution in [0, 0.1) is 0 Å². The number of hydrogen-bond acceptors (Lipinski definition) is 7. The summed E-state index contributed by atoms with van der Waals surface area (Å²) in [6, 6.07) is 22.8. The van der Waals surface area contributed by atoms with E-state index in [4.69, 9.17) is 11.6 Å². The van der Waals surface area contributed by atoms with Crippen molar-refractivity contribution in [3.05, 3.63) is 126 Å². The van der Waals surface area contributed by atoms with E-state index < -0.39 is 22.9 Å². The minimum absolute atomic E-state index is 0.0912. The third-order valence-corrected chi connectivity index (χ3v) is 7.50. The summed E-state index contributed by atoms with van der Waals surface area (Å²) in [7, 11) is 0. The van der Waals surface area contributed by atoms with Crippen molar-refractivity contribution in [1.82, 2.24) is 14.6 Å². The van der Waals surface area contributed by atoms with Crippen molar-refractivity contribution in [2.24, 2.45) is 0 Å². The van der Waals surface area contributed by atoms with Crippen molar-refractivity contribution in [2.75, 3.05) is 16.8 Å². The van der Waals surface area contributed by atoms with Crippen LogP contribution in [0.15, 0.2) is 88.5 Å². The molecule has 0 unspecified atom stereocenters. The summed E-state index contributed by atoms with van der Waals surface area (Å²) in [4.78, 5) is 58.1. The number of benzene rings is 3. The van der Waals surface area contributed by atoms with Gasteiger partial charge in [-0.3, -0.25) is 24.1 Å². The van der Waals surface area contributed by atoms with Gasteiger partial charge in [-0.2, -0.15) is 14.6 Å². The quantitative estimate of drug-likeness (QED) is 0.357. The summed E-state index contributed by atoms with van der Waals surface area (Å²) >= 11 is 6.83. The average molecular weight is 556 g/mol. The number of hydrogen-bond donors (Lipinski definition) is 1. The van der Waals surface area contributed by atoms with E-state index in [9.17, 15) is 19.2 Å². The van der Waals surface area contributed by atoms with E-state index in [-0.39, 0.29) is 33.7 Å². The van der Waals surface area contributed by atoms with Gasteiger partial charge >= 0.3 is 0 Å². The van der Waals surface area contributed by atoms with Gasteiger partial charge in [-0.25, -0.2) is 0 Å². The molecule has 5 aromatic rings. The number of anilines is 2. The van der Waals surface area contributed by atoms with E-state index in [2.05, 4.69) is 15.4 Å². The maximum atomic E-state index is 13.6. The number of carbonyl (C=O) groups is 2. The molecule has 0 fully saturated rings. The second-order valence-electron chi connectivity index (χ2n) is 8.80. The molecular weight excluding hydrogens is 538 g/mol. The van der Waals surface area contributed by atoms with Gasteiger partial charge in [0, 0.05) is 22.7 Å². The fourth-order valence-corrected chi connectivity index (χ4v) is 5.55. The van der Waals surface area contributed by atoms with Crippen LogP contribution in [0.25, 0.3) is 10.5 Å². The van der Waals surface area contributed by atoms with Crippen LogP contribution in [0.5, 0.6) is 0 Å². The largest absolute Gasteiger partial charge is 0.325 e. The van der Waals surface area contributed by atoms with E-state index in [1.54, 1.807) is 48.5 Å². The number of fused-ring (bicyclic) bond motifs is 2. The summed E-state index contributed by atoms with van der Waals surface area (Å²) in [5, 5.41) is 7.57. The number of rotatable bonds is 5. The van der Waals surface area contributed by atoms with E-state index in [1.807, 2.05) is 30.3 Å². The zero-order valence-electron chi connectivity index (χ0n) is 20.1. The Morgan fingerprint density at radius 2 is 1.64 bits per heavy atom. The van der Waals surface area contributed by atoms with Gasteiger partial charge in [0.15, 0.2) is 0 Å². The fourth-order valence-electron chi connectivity index (χ4n) is 4.43. The lowest BCUT2D eigenvalue weighted by Gasteiger charge is -2.16. The van der Waals surface area contributed by atoms with Crippen molar-refractivity contribution in [2.45, 2.75) is 6.42 Å². The Morgan fingerprint density at radius 3 is 2.41 bits per heavy atom. The Balaban J connectivity index is 1.40. The zero-order chi connectivity index (χ0) is 27.1. The van der Waals surface area contributed by atoms with Crippen molar-refractivity contribution >= 4 is 56.7 Å². The molecule has 0 radical (unpaired) electrons. The topological polar surface area (TPSA) is 114 Å². The number of halogens is 1. The summed E-state index contributed by atoms with van der Waals surface area (Å²) in [5.74, 6) is -0.918.